The second kappa shape index (κ2) is 7.48. The highest BCUT2D eigenvalue weighted by atomic mass is 16.5. The zero-order valence-electron chi connectivity index (χ0n) is 14.0. The molecule has 0 fully saturated rings. The third-order valence-corrected chi connectivity index (χ3v) is 3.56. The lowest BCUT2D eigenvalue weighted by atomic mass is 10.2. The summed E-state index contributed by atoms with van der Waals surface area (Å²) in [4.78, 5) is 16.5. The van der Waals surface area contributed by atoms with Crippen molar-refractivity contribution in [3.8, 4) is 11.5 Å². The molecule has 1 N–H and O–H groups in total. The Kier molecular flexibility index (Phi) is 4.94. The Balaban J connectivity index is 1.71. The van der Waals surface area contributed by atoms with Crippen LogP contribution in [0.5, 0.6) is 11.5 Å². The fourth-order valence-corrected chi connectivity index (χ4v) is 2.31. The van der Waals surface area contributed by atoms with Crippen LogP contribution < -0.4 is 14.8 Å². The predicted octanol–water partition coefficient (Wildman–Crippen LogP) is 2.60. The number of carbonyl (C=O) groups excluding carboxylic acids is 1. The van der Waals surface area contributed by atoms with Gasteiger partial charge in [0.15, 0.2) is 0 Å². The summed E-state index contributed by atoms with van der Waals surface area (Å²) in [7, 11) is 3.06. The van der Waals surface area contributed by atoms with Crippen molar-refractivity contribution in [3.63, 3.8) is 0 Å². The van der Waals surface area contributed by atoms with Gasteiger partial charge in [0.1, 0.15) is 17.8 Å². The van der Waals surface area contributed by atoms with Crippen LogP contribution in [-0.4, -0.2) is 34.9 Å². The van der Waals surface area contributed by atoms with Gasteiger partial charge in [0.25, 0.3) is 5.91 Å². The maximum absolute atomic E-state index is 12.4. The molecule has 2 aromatic carbocycles. The van der Waals surface area contributed by atoms with Crippen molar-refractivity contribution < 1.29 is 14.3 Å². The molecule has 128 valence electrons. The zero-order valence-corrected chi connectivity index (χ0v) is 14.0. The lowest BCUT2D eigenvalue weighted by Crippen LogP contribution is -2.14. The number of nitrogens with one attached hydrogen (secondary N) is 1. The standard InChI is InChI=1S/C18H18N4O3/c1-24-15-8-14(9-16(10-15)25-2)17(23)20-18-19-12-22(21-18)11-13-6-4-3-5-7-13/h3-10,12H,11H2,1-2H3,(H,20,21,23). The van der Waals surface area contributed by atoms with Gasteiger partial charge in [-0.3, -0.25) is 10.1 Å². The van der Waals surface area contributed by atoms with Crippen LogP contribution in [0.4, 0.5) is 5.95 Å². The SMILES string of the molecule is COc1cc(OC)cc(C(=O)Nc2ncn(Cc3ccccc3)n2)c1. The van der Waals surface area contributed by atoms with Gasteiger partial charge >= 0.3 is 0 Å². The van der Waals surface area contributed by atoms with E-state index in [9.17, 15) is 4.79 Å². The number of carbonyl (C=O) groups is 1. The molecule has 1 amide bonds. The van der Waals surface area contributed by atoms with E-state index in [0.717, 1.165) is 5.56 Å². The quantitative estimate of drug-likeness (QED) is 0.747. The van der Waals surface area contributed by atoms with Crippen LogP contribution in [0.25, 0.3) is 0 Å². The molecule has 0 aliphatic heterocycles. The lowest BCUT2D eigenvalue weighted by Gasteiger charge is -2.07. The number of aromatic nitrogens is 3. The summed E-state index contributed by atoms with van der Waals surface area (Å²) in [5.41, 5.74) is 1.50. The third-order valence-electron chi connectivity index (χ3n) is 3.56. The molecule has 1 heterocycles. The topological polar surface area (TPSA) is 78.3 Å². The van der Waals surface area contributed by atoms with E-state index >= 15 is 0 Å². The summed E-state index contributed by atoms with van der Waals surface area (Å²) in [6, 6.07) is 14.8. The molecule has 0 atom stereocenters. The van der Waals surface area contributed by atoms with E-state index in [0.29, 0.717) is 23.6 Å². The molecule has 25 heavy (non-hydrogen) atoms. The van der Waals surface area contributed by atoms with E-state index in [2.05, 4.69) is 15.4 Å². The van der Waals surface area contributed by atoms with E-state index in [4.69, 9.17) is 9.47 Å². The first-order valence-corrected chi connectivity index (χ1v) is 7.65. The fourth-order valence-electron chi connectivity index (χ4n) is 2.31. The number of methoxy groups -OCH3 is 2. The Labute approximate surface area is 145 Å². The van der Waals surface area contributed by atoms with Crippen molar-refractivity contribution in [2.45, 2.75) is 6.54 Å². The van der Waals surface area contributed by atoms with E-state index in [-0.39, 0.29) is 11.9 Å². The minimum atomic E-state index is -0.338. The summed E-state index contributed by atoms with van der Waals surface area (Å²) in [6.45, 7) is 0.580. The van der Waals surface area contributed by atoms with Crippen molar-refractivity contribution in [2.24, 2.45) is 0 Å². The number of amides is 1. The zero-order chi connectivity index (χ0) is 17.6. The highest BCUT2D eigenvalue weighted by Gasteiger charge is 2.12. The van der Waals surface area contributed by atoms with Crippen LogP contribution in [0.15, 0.2) is 54.9 Å². The molecule has 0 aliphatic carbocycles. The van der Waals surface area contributed by atoms with Crippen molar-refractivity contribution in [3.05, 3.63) is 66.0 Å². The molecule has 0 saturated carbocycles. The Morgan fingerprint density at radius 3 is 2.40 bits per heavy atom. The Morgan fingerprint density at radius 2 is 1.76 bits per heavy atom. The largest absolute Gasteiger partial charge is 0.497 e. The molecule has 0 aliphatic rings. The molecule has 7 heteroatoms. The van der Waals surface area contributed by atoms with Gasteiger partial charge in [-0.1, -0.05) is 30.3 Å². The lowest BCUT2D eigenvalue weighted by molar-refractivity contribution is 0.102. The second-order valence-corrected chi connectivity index (χ2v) is 5.31. The van der Waals surface area contributed by atoms with E-state index in [1.807, 2.05) is 30.3 Å². The Hall–Kier alpha value is -3.35. The molecular formula is C18H18N4O3. The highest BCUT2D eigenvalue weighted by molar-refractivity contribution is 6.03. The van der Waals surface area contributed by atoms with Crippen LogP contribution in [0.3, 0.4) is 0 Å². The van der Waals surface area contributed by atoms with Crippen molar-refractivity contribution in [2.75, 3.05) is 19.5 Å². The van der Waals surface area contributed by atoms with Crippen LogP contribution in [-0.2, 0) is 6.54 Å². The van der Waals surface area contributed by atoms with E-state index < -0.39 is 0 Å². The number of rotatable bonds is 6. The number of hydrogen-bond donors (Lipinski definition) is 1. The normalized spacial score (nSPS) is 10.3. The third kappa shape index (κ3) is 4.14. The van der Waals surface area contributed by atoms with E-state index in [1.165, 1.54) is 14.2 Å². The number of benzene rings is 2. The molecule has 0 spiro atoms. The first kappa shape index (κ1) is 16.5. The monoisotopic (exact) mass is 338 g/mol. The summed E-state index contributed by atoms with van der Waals surface area (Å²) in [5.74, 6) is 0.969. The maximum atomic E-state index is 12.4. The van der Waals surface area contributed by atoms with Crippen LogP contribution in [0.1, 0.15) is 15.9 Å². The number of anilines is 1. The molecule has 1 aromatic heterocycles. The van der Waals surface area contributed by atoms with Gasteiger partial charge in [-0.15, -0.1) is 5.10 Å². The summed E-state index contributed by atoms with van der Waals surface area (Å²) < 4.78 is 12.0. The Morgan fingerprint density at radius 1 is 1.08 bits per heavy atom. The number of nitrogens with zero attached hydrogens (tertiary/aromatic N) is 3. The molecular weight excluding hydrogens is 320 g/mol. The van der Waals surface area contributed by atoms with Crippen molar-refractivity contribution in [1.29, 1.82) is 0 Å². The van der Waals surface area contributed by atoms with Gasteiger partial charge in [0.2, 0.25) is 5.95 Å². The Bertz CT molecular complexity index is 840. The molecule has 7 nitrogen and oxygen atoms in total. The van der Waals surface area contributed by atoms with Gasteiger partial charge in [-0.05, 0) is 17.7 Å². The molecule has 0 unspecified atom stereocenters. The van der Waals surface area contributed by atoms with Gasteiger partial charge < -0.3 is 9.47 Å². The fraction of sp³-hybridized carbons (Fsp3) is 0.167. The molecule has 0 radical (unpaired) electrons. The van der Waals surface area contributed by atoms with Gasteiger partial charge in [0, 0.05) is 11.6 Å². The first-order chi connectivity index (χ1) is 12.2. The molecule has 3 rings (SSSR count). The van der Waals surface area contributed by atoms with Gasteiger partial charge in [-0.2, -0.15) is 0 Å². The van der Waals surface area contributed by atoms with Gasteiger partial charge in [0.05, 0.1) is 20.8 Å². The first-order valence-electron chi connectivity index (χ1n) is 7.65. The molecule has 0 bridgehead atoms. The minimum absolute atomic E-state index is 0.239. The second-order valence-electron chi connectivity index (χ2n) is 5.31. The highest BCUT2D eigenvalue weighted by Crippen LogP contribution is 2.22. The van der Waals surface area contributed by atoms with Gasteiger partial charge in [-0.25, -0.2) is 9.67 Å². The molecule has 3 aromatic rings. The van der Waals surface area contributed by atoms with Crippen molar-refractivity contribution >= 4 is 11.9 Å². The average molecular weight is 338 g/mol. The average Bonchev–Trinajstić information content (AvgIpc) is 3.08. The number of ether oxygens (including phenoxy) is 2. The molecule has 0 saturated heterocycles. The van der Waals surface area contributed by atoms with Crippen LogP contribution >= 0.6 is 0 Å². The number of hydrogen-bond acceptors (Lipinski definition) is 5. The predicted molar refractivity (Wildman–Crippen MR) is 93.1 cm³/mol. The summed E-state index contributed by atoms with van der Waals surface area (Å²) in [5, 5.41) is 6.94. The van der Waals surface area contributed by atoms with Crippen LogP contribution in [0.2, 0.25) is 0 Å². The summed E-state index contributed by atoms with van der Waals surface area (Å²) >= 11 is 0. The summed E-state index contributed by atoms with van der Waals surface area (Å²) in [6.07, 6.45) is 1.58. The van der Waals surface area contributed by atoms with Crippen molar-refractivity contribution in [1.82, 2.24) is 14.8 Å². The maximum Gasteiger partial charge on any atom is 0.258 e. The van der Waals surface area contributed by atoms with E-state index in [1.54, 1.807) is 29.2 Å². The minimum Gasteiger partial charge on any atom is -0.497 e. The van der Waals surface area contributed by atoms with Crippen LogP contribution in [0, 0.1) is 0 Å². The smallest absolute Gasteiger partial charge is 0.258 e.